The first kappa shape index (κ1) is 2.62. The van der Waals surface area contributed by atoms with Crippen molar-refractivity contribution in [1.29, 1.82) is 0 Å². The van der Waals surface area contributed by atoms with Gasteiger partial charge in [-0.25, -0.2) is 0 Å². The van der Waals surface area contributed by atoms with Crippen LogP contribution in [0.3, 0.4) is 0 Å². The van der Waals surface area contributed by atoms with Crippen LogP contribution in [0.2, 0.25) is 0 Å². The van der Waals surface area contributed by atoms with E-state index in [9.17, 15) is 0 Å². The minimum absolute atomic E-state index is 0.295. The molecule has 1 nitrogen and oxygen atoms in total. The van der Waals surface area contributed by atoms with Crippen LogP contribution >= 0.6 is 0 Å². The zero-order chi connectivity index (χ0) is 8.48. The van der Waals surface area contributed by atoms with Crippen LogP contribution in [0.15, 0.2) is 18.3 Å². The summed E-state index contributed by atoms with van der Waals surface area (Å²) in [6.45, 7) is -0.204. The second kappa shape index (κ2) is 1.95. The minimum Gasteiger partial charge on any atom is -0.261 e. The van der Waals surface area contributed by atoms with E-state index in [2.05, 4.69) is 4.98 Å². The molecule has 1 heterocycles. The summed E-state index contributed by atoms with van der Waals surface area (Å²) in [5.74, 6) is 0. The molecule has 0 aromatic carbocycles. The standard InChI is InChI=1S/C7H9N/c1-6-3-4-7(2)8-5-6/h3-5H,1-2H3/i1D3. The molecule has 1 aromatic rings. The molecule has 0 spiro atoms. The summed E-state index contributed by atoms with van der Waals surface area (Å²) in [6, 6.07) is 3.27. The molecule has 8 heavy (non-hydrogen) atoms. The van der Waals surface area contributed by atoms with E-state index in [-0.39, 0.29) is 0 Å². The van der Waals surface area contributed by atoms with Crippen molar-refractivity contribution >= 4 is 0 Å². The molecule has 42 valence electrons. The van der Waals surface area contributed by atoms with Gasteiger partial charge in [-0.05, 0) is 25.4 Å². The molecule has 0 amide bonds. The SMILES string of the molecule is [2H]C([2H])([2H])c1ccc(C)nc1. The smallest absolute Gasteiger partial charge is 0.0372 e. The number of hydrogen-bond donors (Lipinski definition) is 0. The van der Waals surface area contributed by atoms with Crippen LogP contribution in [0, 0.1) is 13.8 Å². The Morgan fingerprint density at radius 2 is 2.50 bits per heavy atom. The Balaban J connectivity index is 2.99. The summed E-state index contributed by atoms with van der Waals surface area (Å²) in [4.78, 5) is 3.89. The molecule has 0 aliphatic heterocycles. The Labute approximate surface area is 53.6 Å². The van der Waals surface area contributed by atoms with Crippen molar-refractivity contribution in [2.75, 3.05) is 0 Å². The van der Waals surface area contributed by atoms with Crippen LogP contribution in [0.25, 0.3) is 0 Å². The lowest BCUT2D eigenvalue weighted by Crippen LogP contribution is -1.78. The first-order valence-corrected chi connectivity index (χ1v) is 2.43. The van der Waals surface area contributed by atoms with E-state index in [1.54, 1.807) is 12.1 Å². The fourth-order valence-corrected chi connectivity index (χ4v) is 0.468. The molecule has 0 saturated carbocycles. The molecule has 0 N–H and O–H groups in total. The Bertz CT molecular complexity index is 237. The van der Waals surface area contributed by atoms with Crippen molar-refractivity contribution < 1.29 is 4.11 Å². The lowest BCUT2D eigenvalue weighted by atomic mass is 10.3. The van der Waals surface area contributed by atoms with E-state index in [1.807, 2.05) is 6.92 Å². The van der Waals surface area contributed by atoms with Gasteiger partial charge in [0.2, 0.25) is 0 Å². The van der Waals surface area contributed by atoms with Gasteiger partial charge >= 0.3 is 0 Å². The van der Waals surface area contributed by atoms with Crippen molar-refractivity contribution in [3.8, 4) is 0 Å². The van der Waals surface area contributed by atoms with Crippen LogP contribution in [-0.2, 0) is 0 Å². The monoisotopic (exact) mass is 110 g/mol. The van der Waals surface area contributed by atoms with Crippen LogP contribution in [0.5, 0.6) is 0 Å². The third-order valence-corrected chi connectivity index (χ3v) is 0.911. The van der Waals surface area contributed by atoms with Gasteiger partial charge in [0.1, 0.15) is 0 Å². The first-order valence-electron chi connectivity index (χ1n) is 3.93. The maximum atomic E-state index is 7.04. The summed E-state index contributed by atoms with van der Waals surface area (Å²) in [7, 11) is 0. The van der Waals surface area contributed by atoms with E-state index in [0.29, 0.717) is 5.56 Å². The fourth-order valence-electron chi connectivity index (χ4n) is 0.468. The molecule has 0 aliphatic carbocycles. The summed E-state index contributed by atoms with van der Waals surface area (Å²) in [6.07, 6.45) is 1.39. The lowest BCUT2D eigenvalue weighted by molar-refractivity contribution is 1.17. The van der Waals surface area contributed by atoms with Gasteiger partial charge in [0.15, 0.2) is 0 Å². The average Bonchev–Trinajstić information content (AvgIpc) is 1.86. The number of nitrogens with zero attached hydrogens (tertiary/aromatic N) is 1. The van der Waals surface area contributed by atoms with E-state index < -0.39 is 6.85 Å². The second-order valence-electron chi connectivity index (χ2n) is 1.69. The van der Waals surface area contributed by atoms with Crippen molar-refractivity contribution in [3.63, 3.8) is 0 Å². The van der Waals surface area contributed by atoms with Crippen LogP contribution in [0.4, 0.5) is 0 Å². The first-order chi connectivity index (χ1) is 5.00. The van der Waals surface area contributed by atoms with Gasteiger partial charge in [0.25, 0.3) is 0 Å². The number of hydrogen-bond acceptors (Lipinski definition) is 1. The molecular formula is C7H9N. The van der Waals surface area contributed by atoms with Crippen molar-refractivity contribution in [2.24, 2.45) is 0 Å². The molecule has 0 unspecified atom stereocenters. The summed E-state index contributed by atoms with van der Waals surface area (Å²) in [5, 5.41) is 0. The molecular weight excluding hydrogens is 98.1 g/mol. The largest absolute Gasteiger partial charge is 0.261 e. The molecule has 0 bridgehead atoms. The summed E-state index contributed by atoms with van der Waals surface area (Å²) < 4.78 is 21.1. The predicted molar refractivity (Wildman–Crippen MR) is 33.7 cm³/mol. The van der Waals surface area contributed by atoms with Gasteiger partial charge < -0.3 is 0 Å². The molecule has 1 heteroatoms. The summed E-state index contributed by atoms with van der Waals surface area (Å²) >= 11 is 0. The van der Waals surface area contributed by atoms with Crippen LogP contribution in [-0.4, -0.2) is 4.98 Å². The van der Waals surface area contributed by atoms with Gasteiger partial charge in [0, 0.05) is 16.0 Å². The molecule has 0 fully saturated rings. The maximum Gasteiger partial charge on any atom is 0.0372 e. The van der Waals surface area contributed by atoms with Gasteiger partial charge in [-0.2, -0.15) is 0 Å². The minimum atomic E-state index is -2.03. The number of aryl methyl sites for hydroxylation is 2. The molecule has 1 aromatic heterocycles. The van der Waals surface area contributed by atoms with Crippen molar-refractivity contribution in [1.82, 2.24) is 4.98 Å². The highest BCUT2D eigenvalue weighted by Gasteiger charge is 1.81. The molecule has 0 radical (unpaired) electrons. The predicted octanol–water partition coefficient (Wildman–Crippen LogP) is 1.70. The van der Waals surface area contributed by atoms with Gasteiger partial charge in [0.05, 0.1) is 0 Å². The van der Waals surface area contributed by atoms with Gasteiger partial charge in [-0.1, -0.05) is 6.07 Å². The highest BCUT2D eigenvalue weighted by Crippen LogP contribution is 1.94. The Morgan fingerprint density at radius 3 is 3.00 bits per heavy atom. The van der Waals surface area contributed by atoms with E-state index in [4.69, 9.17) is 4.11 Å². The van der Waals surface area contributed by atoms with Gasteiger partial charge in [-0.15, -0.1) is 0 Å². The molecule has 0 atom stereocenters. The van der Waals surface area contributed by atoms with Crippen LogP contribution < -0.4 is 0 Å². The topological polar surface area (TPSA) is 12.9 Å². The average molecular weight is 110 g/mol. The highest BCUT2D eigenvalue weighted by atomic mass is 14.6. The third-order valence-electron chi connectivity index (χ3n) is 0.911. The number of pyridine rings is 1. The fraction of sp³-hybridized carbons (Fsp3) is 0.286. The van der Waals surface area contributed by atoms with E-state index in [1.165, 1.54) is 6.20 Å². The Kier molecular flexibility index (Phi) is 0.639. The van der Waals surface area contributed by atoms with E-state index in [0.717, 1.165) is 5.69 Å². The number of rotatable bonds is 0. The third kappa shape index (κ3) is 1.06. The van der Waals surface area contributed by atoms with E-state index >= 15 is 0 Å². The molecule has 1 rings (SSSR count). The van der Waals surface area contributed by atoms with Gasteiger partial charge in [-0.3, -0.25) is 4.98 Å². The normalized spacial score (nSPS) is 16.4. The molecule has 0 aliphatic rings. The Morgan fingerprint density at radius 1 is 1.62 bits per heavy atom. The van der Waals surface area contributed by atoms with Crippen molar-refractivity contribution in [2.45, 2.75) is 13.8 Å². The lowest BCUT2D eigenvalue weighted by Gasteiger charge is -1.89. The maximum absolute atomic E-state index is 7.04. The Hall–Kier alpha value is -0.850. The zero-order valence-corrected chi connectivity index (χ0v) is 4.68. The molecule has 0 saturated heterocycles. The van der Waals surface area contributed by atoms with Crippen molar-refractivity contribution in [3.05, 3.63) is 29.6 Å². The van der Waals surface area contributed by atoms with Crippen LogP contribution in [0.1, 0.15) is 15.4 Å². The summed E-state index contributed by atoms with van der Waals surface area (Å²) in [5.41, 5.74) is 1.13. The highest BCUT2D eigenvalue weighted by molar-refractivity contribution is 5.10. The quantitative estimate of drug-likeness (QED) is 0.495. The second-order valence-corrected chi connectivity index (χ2v) is 1.69. The number of aromatic nitrogens is 1. The zero-order valence-electron chi connectivity index (χ0n) is 7.68.